The summed E-state index contributed by atoms with van der Waals surface area (Å²) in [5.74, 6) is 6.16. The fourth-order valence-corrected chi connectivity index (χ4v) is 1.97. The Bertz CT molecular complexity index is 540. The molecule has 0 aliphatic heterocycles. The number of anilines is 1. The summed E-state index contributed by atoms with van der Waals surface area (Å²) in [6.45, 7) is 0. The molecule has 0 atom stereocenters. The van der Waals surface area contributed by atoms with E-state index in [4.69, 9.17) is 29.0 Å². The van der Waals surface area contributed by atoms with E-state index in [1.807, 2.05) is 18.2 Å². The van der Waals surface area contributed by atoms with E-state index in [1.165, 1.54) is 5.01 Å². The molecule has 2 N–H and O–H groups in total. The highest BCUT2D eigenvalue weighted by molar-refractivity contribution is 6.35. The van der Waals surface area contributed by atoms with E-state index in [1.54, 1.807) is 19.2 Å². The first-order valence-corrected chi connectivity index (χ1v) is 6.07. The summed E-state index contributed by atoms with van der Waals surface area (Å²) in [4.78, 5) is 0. The third-order valence-electron chi connectivity index (χ3n) is 2.45. The minimum Gasteiger partial charge on any atom is -0.297 e. The number of nitrogens with zero attached hydrogens (tertiary/aromatic N) is 3. The molecule has 0 bridgehead atoms. The van der Waals surface area contributed by atoms with Crippen LogP contribution in [0.5, 0.6) is 0 Å². The predicted molar refractivity (Wildman–Crippen MR) is 73.9 cm³/mol. The Kier molecular flexibility index (Phi) is 4.01. The van der Waals surface area contributed by atoms with Crippen LogP contribution in [0.15, 0.2) is 30.3 Å². The second kappa shape index (κ2) is 5.52. The van der Waals surface area contributed by atoms with Crippen molar-refractivity contribution in [2.45, 2.75) is 6.42 Å². The first-order chi connectivity index (χ1) is 8.56. The van der Waals surface area contributed by atoms with Crippen LogP contribution in [0.4, 0.5) is 5.82 Å². The van der Waals surface area contributed by atoms with Gasteiger partial charge in [0.25, 0.3) is 0 Å². The molecular weight excluding hydrogens is 271 g/mol. The molecule has 0 radical (unpaired) electrons. The topological polar surface area (TPSA) is 55.0 Å². The summed E-state index contributed by atoms with van der Waals surface area (Å²) in [5, 5.41) is 10.8. The molecule has 1 aromatic heterocycles. The van der Waals surface area contributed by atoms with E-state index in [-0.39, 0.29) is 0 Å². The van der Waals surface area contributed by atoms with E-state index in [2.05, 4.69) is 10.2 Å². The monoisotopic (exact) mass is 282 g/mol. The van der Waals surface area contributed by atoms with Gasteiger partial charge in [0.1, 0.15) is 0 Å². The fourth-order valence-electron chi connectivity index (χ4n) is 1.50. The molecule has 1 aromatic carbocycles. The van der Waals surface area contributed by atoms with Gasteiger partial charge in [0, 0.05) is 23.5 Å². The lowest BCUT2D eigenvalue weighted by Gasteiger charge is -2.10. The summed E-state index contributed by atoms with van der Waals surface area (Å²) in [5.41, 5.74) is 1.79. The van der Waals surface area contributed by atoms with Crippen molar-refractivity contribution in [3.05, 3.63) is 51.6 Å². The molecule has 18 heavy (non-hydrogen) atoms. The number of halogens is 2. The first kappa shape index (κ1) is 13.1. The molecule has 4 nitrogen and oxygen atoms in total. The Morgan fingerprint density at radius 3 is 2.50 bits per heavy atom. The lowest BCUT2D eigenvalue weighted by atomic mass is 10.1. The van der Waals surface area contributed by atoms with Crippen LogP contribution in [0.25, 0.3) is 0 Å². The van der Waals surface area contributed by atoms with Gasteiger partial charge in [-0.2, -0.15) is 5.10 Å². The van der Waals surface area contributed by atoms with Crippen LogP contribution in [0, 0.1) is 0 Å². The standard InChI is InChI=1S/C12H12Cl2N4/c1-18(15)12-5-4-10(16-17-12)6-8-2-3-9(13)7-11(8)14/h2-5,7H,6,15H2,1H3. The number of hydrazine groups is 1. The van der Waals surface area contributed by atoms with Crippen LogP contribution >= 0.6 is 23.2 Å². The Hall–Kier alpha value is -1.36. The number of hydrogen-bond acceptors (Lipinski definition) is 4. The third-order valence-corrected chi connectivity index (χ3v) is 3.04. The van der Waals surface area contributed by atoms with Gasteiger partial charge in [0.2, 0.25) is 0 Å². The highest BCUT2D eigenvalue weighted by Gasteiger charge is 2.05. The maximum absolute atomic E-state index is 6.10. The van der Waals surface area contributed by atoms with Crippen molar-refractivity contribution in [2.75, 3.05) is 12.1 Å². The zero-order valence-corrected chi connectivity index (χ0v) is 11.3. The molecule has 0 unspecified atom stereocenters. The molecule has 0 saturated heterocycles. The van der Waals surface area contributed by atoms with Crippen LogP contribution in [0.3, 0.4) is 0 Å². The summed E-state index contributed by atoms with van der Waals surface area (Å²) < 4.78 is 0. The second-order valence-electron chi connectivity index (χ2n) is 3.91. The summed E-state index contributed by atoms with van der Waals surface area (Å²) in [7, 11) is 1.71. The normalized spacial score (nSPS) is 10.4. The highest BCUT2D eigenvalue weighted by Crippen LogP contribution is 2.22. The molecule has 0 fully saturated rings. The second-order valence-corrected chi connectivity index (χ2v) is 4.75. The maximum atomic E-state index is 6.10. The van der Waals surface area contributed by atoms with Crippen LogP contribution in [-0.4, -0.2) is 17.2 Å². The summed E-state index contributed by atoms with van der Waals surface area (Å²) in [6, 6.07) is 9.09. The Morgan fingerprint density at radius 2 is 1.94 bits per heavy atom. The van der Waals surface area contributed by atoms with Crippen molar-refractivity contribution >= 4 is 29.0 Å². The van der Waals surface area contributed by atoms with Crippen molar-refractivity contribution < 1.29 is 0 Å². The molecule has 0 spiro atoms. The van der Waals surface area contributed by atoms with Gasteiger partial charge in [-0.15, -0.1) is 5.10 Å². The van der Waals surface area contributed by atoms with Crippen molar-refractivity contribution in [2.24, 2.45) is 5.84 Å². The van der Waals surface area contributed by atoms with Gasteiger partial charge in [-0.1, -0.05) is 29.3 Å². The van der Waals surface area contributed by atoms with E-state index < -0.39 is 0 Å². The van der Waals surface area contributed by atoms with Gasteiger partial charge < -0.3 is 0 Å². The number of hydrogen-bond donors (Lipinski definition) is 1. The molecule has 6 heteroatoms. The quantitative estimate of drug-likeness (QED) is 0.695. The molecule has 2 aromatic rings. The minimum absolute atomic E-state index is 0.609. The minimum atomic E-state index is 0.609. The maximum Gasteiger partial charge on any atom is 0.164 e. The molecule has 0 amide bonds. The van der Waals surface area contributed by atoms with Crippen molar-refractivity contribution in [3.63, 3.8) is 0 Å². The predicted octanol–water partition coefficient (Wildman–Crippen LogP) is 2.68. The molecule has 2 rings (SSSR count). The average molecular weight is 283 g/mol. The highest BCUT2D eigenvalue weighted by atomic mass is 35.5. The van der Waals surface area contributed by atoms with E-state index in [9.17, 15) is 0 Å². The van der Waals surface area contributed by atoms with Crippen LogP contribution < -0.4 is 10.9 Å². The molecule has 94 valence electrons. The molecule has 1 heterocycles. The number of rotatable bonds is 3. The number of aromatic nitrogens is 2. The zero-order valence-electron chi connectivity index (χ0n) is 9.77. The van der Waals surface area contributed by atoms with Gasteiger partial charge in [0.15, 0.2) is 5.82 Å². The van der Waals surface area contributed by atoms with Gasteiger partial charge in [-0.05, 0) is 29.8 Å². The Labute approximate surface area is 115 Å². The largest absolute Gasteiger partial charge is 0.297 e. The molecule has 0 aliphatic carbocycles. The third kappa shape index (κ3) is 3.10. The average Bonchev–Trinajstić information content (AvgIpc) is 2.33. The van der Waals surface area contributed by atoms with Gasteiger partial charge in [-0.3, -0.25) is 5.01 Å². The van der Waals surface area contributed by atoms with Crippen molar-refractivity contribution in [1.82, 2.24) is 10.2 Å². The lowest BCUT2D eigenvalue weighted by molar-refractivity contribution is 0.881. The van der Waals surface area contributed by atoms with Crippen LogP contribution in [-0.2, 0) is 6.42 Å². The molecular formula is C12H12Cl2N4. The Balaban J connectivity index is 2.18. The fraction of sp³-hybridized carbons (Fsp3) is 0.167. The molecule has 0 saturated carbocycles. The smallest absolute Gasteiger partial charge is 0.164 e. The summed E-state index contributed by atoms with van der Waals surface area (Å²) >= 11 is 11.9. The number of benzene rings is 1. The van der Waals surface area contributed by atoms with Crippen molar-refractivity contribution in [3.8, 4) is 0 Å². The number of nitrogens with two attached hydrogens (primary N) is 1. The lowest BCUT2D eigenvalue weighted by Crippen LogP contribution is -2.26. The van der Waals surface area contributed by atoms with Gasteiger partial charge >= 0.3 is 0 Å². The SMILES string of the molecule is CN(N)c1ccc(Cc2ccc(Cl)cc2Cl)nn1. The van der Waals surface area contributed by atoms with Gasteiger partial charge in [0.05, 0.1) is 5.69 Å². The van der Waals surface area contributed by atoms with E-state index >= 15 is 0 Å². The van der Waals surface area contributed by atoms with Crippen LogP contribution in [0.2, 0.25) is 10.0 Å². The molecule has 0 aliphatic rings. The summed E-state index contributed by atoms with van der Waals surface area (Å²) in [6.07, 6.45) is 0.609. The van der Waals surface area contributed by atoms with Crippen LogP contribution in [0.1, 0.15) is 11.3 Å². The van der Waals surface area contributed by atoms with Crippen molar-refractivity contribution in [1.29, 1.82) is 0 Å². The Morgan fingerprint density at radius 1 is 1.17 bits per heavy atom. The van der Waals surface area contributed by atoms with Gasteiger partial charge in [-0.25, -0.2) is 5.84 Å². The first-order valence-electron chi connectivity index (χ1n) is 5.31. The zero-order chi connectivity index (χ0) is 13.1. The van der Waals surface area contributed by atoms with E-state index in [0.29, 0.717) is 22.3 Å². The van der Waals surface area contributed by atoms with E-state index in [0.717, 1.165) is 11.3 Å².